The van der Waals surface area contributed by atoms with Crippen molar-refractivity contribution in [1.29, 1.82) is 0 Å². The number of aliphatic hydroxyl groups excluding tert-OH is 2. The molecule has 0 radical (unpaired) electrons. The first-order valence-electron chi connectivity index (χ1n) is 8.37. The fourth-order valence-corrected chi connectivity index (χ4v) is 2.35. The van der Waals surface area contributed by atoms with Crippen LogP contribution in [0.25, 0.3) is 6.08 Å². The highest BCUT2D eigenvalue weighted by Crippen LogP contribution is 2.28. The van der Waals surface area contributed by atoms with E-state index in [9.17, 15) is 15.0 Å². The number of rotatable bonds is 10. The van der Waals surface area contributed by atoms with Crippen molar-refractivity contribution < 1.29 is 24.5 Å². The van der Waals surface area contributed by atoms with E-state index in [1.165, 1.54) is 14.0 Å². The van der Waals surface area contributed by atoms with E-state index in [-0.39, 0.29) is 0 Å². The molecule has 0 spiro atoms. The van der Waals surface area contributed by atoms with Crippen LogP contribution in [0.3, 0.4) is 0 Å². The number of ether oxygens (including phenoxy) is 2. The third-order valence-corrected chi connectivity index (χ3v) is 3.61. The van der Waals surface area contributed by atoms with Gasteiger partial charge in [0.25, 0.3) is 0 Å². The first-order chi connectivity index (χ1) is 11.5. The van der Waals surface area contributed by atoms with Crippen LogP contribution < -0.4 is 9.47 Å². The van der Waals surface area contributed by atoms with Gasteiger partial charge in [0.2, 0.25) is 0 Å². The van der Waals surface area contributed by atoms with Crippen LogP contribution in [0.1, 0.15) is 51.5 Å². The van der Waals surface area contributed by atoms with Crippen molar-refractivity contribution in [3.63, 3.8) is 0 Å². The zero-order chi connectivity index (χ0) is 17.9. The number of aliphatic hydroxyl groups is 2. The summed E-state index contributed by atoms with van der Waals surface area (Å²) >= 11 is 0. The van der Waals surface area contributed by atoms with Gasteiger partial charge < -0.3 is 19.7 Å². The van der Waals surface area contributed by atoms with Gasteiger partial charge in [0, 0.05) is 13.3 Å². The second kappa shape index (κ2) is 10.8. The van der Waals surface area contributed by atoms with Crippen molar-refractivity contribution in [3.8, 4) is 11.5 Å². The molecule has 24 heavy (non-hydrogen) atoms. The molecule has 5 heteroatoms. The van der Waals surface area contributed by atoms with Gasteiger partial charge in [-0.15, -0.1) is 0 Å². The topological polar surface area (TPSA) is 76.0 Å². The van der Waals surface area contributed by atoms with Gasteiger partial charge in [-0.2, -0.15) is 0 Å². The number of benzene rings is 1. The molecule has 0 fully saturated rings. The fraction of sp³-hybridized carbons (Fsp3) is 0.526. The highest BCUT2D eigenvalue weighted by molar-refractivity contribution is 5.71. The van der Waals surface area contributed by atoms with Crippen LogP contribution in [0.5, 0.6) is 11.5 Å². The molecule has 1 rings (SSSR count). The van der Waals surface area contributed by atoms with Crippen molar-refractivity contribution in [2.45, 2.75) is 58.2 Å². The predicted molar refractivity (Wildman–Crippen MR) is 94.1 cm³/mol. The minimum atomic E-state index is -0.708. The molecule has 1 aromatic rings. The third-order valence-electron chi connectivity index (χ3n) is 3.61. The summed E-state index contributed by atoms with van der Waals surface area (Å²) in [4.78, 5) is 11.0. The lowest BCUT2D eigenvalue weighted by molar-refractivity contribution is -0.132. The lowest BCUT2D eigenvalue weighted by atomic mass is 10.0. The van der Waals surface area contributed by atoms with E-state index in [1.54, 1.807) is 30.4 Å². The Labute approximate surface area is 143 Å². The molecule has 134 valence electrons. The summed E-state index contributed by atoms with van der Waals surface area (Å²) in [5.41, 5.74) is 0.808. The van der Waals surface area contributed by atoms with Crippen molar-refractivity contribution in [2.24, 2.45) is 0 Å². The summed E-state index contributed by atoms with van der Waals surface area (Å²) in [7, 11) is 1.50. The van der Waals surface area contributed by atoms with Crippen molar-refractivity contribution in [3.05, 3.63) is 29.8 Å². The lowest BCUT2D eigenvalue weighted by Gasteiger charge is -2.13. The molecule has 0 unspecified atom stereocenters. The Morgan fingerprint density at radius 1 is 1.25 bits per heavy atom. The molecule has 0 aliphatic heterocycles. The Bertz CT molecular complexity index is 539. The summed E-state index contributed by atoms with van der Waals surface area (Å²) in [5, 5.41) is 19.9. The van der Waals surface area contributed by atoms with Crippen LogP contribution in [0, 0.1) is 0 Å². The lowest BCUT2D eigenvalue weighted by Crippen LogP contribution is -2.15. The molecule has 0 saturated carbocycles. The Morgan fingerprint density at radius 2 is 2.00 bits per heavy atom. The molecule has 2 N–H and O–H groups in total. The highest BCUT2D eigenvalue weighted by atomic mass is 16.6. The minimum Gasteiger partial charge on any atom is -0.493 e. The van der Waals surface area contributed by atoms with Gasteiger partial charge in [-0.25, -0.2) is 0 Å². The first kappa shape index (κ1) is 20.2. The molecular formula is C19H28O5. The summed E-state index contributed by atoms with van der Waals surface area (Å²) in [6.45, 7) is 3.44. The molecule has 0 amide bonds. The van der Waals surface area contributed by atoms with Crippen LogP contribution in [-0.4, -0.2) is 35.5 Å². The zero-order valence-electron chi connectivity index (χ0n) is 14.7. The number of carbonyl (C=O) groups excluding carboxylic acids is 1. The van der Waals surface area contributed by atoms with E-state index in [0.717, 1.165) is 24.8 Å². The molecule has 0 aliphatic carbocycles. The van der Waals surface area contributed by atoms with Crippen LogP contribution in [0.4, 0.5) is 0 Å². The summed E-state index contributed by atoms with van der Waals surface area (Å²) in [6, 6.07) is 5.13. The molecular weight excluding hydrogens is 308 g/mol. The number of methoxy groups -OCH3 is 1. The molecule has 1 aromatic carbocycles. The molecule has 2 atom stereocenters. The largest absolute Gasteiger partial charge is 0.493 e. The quantitative estimate of drug-likeness (QED) is 0.389. The van der Waals surface area contributed by atoms with E-state index in [2.05, 4.69) is 6.92 Å². The summed E-state index contributed by atoms with van der Waals surface area (Å²) < 4.78 is 10.2. The van der Waals surface area contributed by atoms with Gasteiger partial charge >= 0.3 is 5.97 Å². The van der Waals surface area contributed by atoms with E-state index in [1.807, 2.05) is 0 Å². The number of hydrogen-bond donors (Lipinski definition) is 2. The minimum absolute atomic E-state index is 0.322. The Kier molecular flexibility index (Phi) is 9.12. The molecule has 0 bridgehead atoms. The third kappa shape index (κ3) is 7.62. The second-order valence-corrected chi connectivity index (χ2v) is 5.82. The second-order valence-electron chi connectivity index (χ2n) is 5.82. The SMILES string of the molecule is CCCCC[C@H](O)C[C@H](O)/C=C/c1ccc(OC(C)=O)c(OC)c1. The van der Waals surface area contributed by atoms with Gasteiger partial charge in [0.1, 0.15) is 0 Å². The van der Waals surface area contributed by atoms with Crippen LogP contribution >= 0.6 is 0 Å². The van der Waals surface area contributed by atoms with Gasteiger partial charge in [-0.1, -0.05) is 44.4 Å². The van der Waals surface area contributed by atoms with E-state index < -0.39 is 18.2 Å². The standard InChI is InChI=1S/C19H28O5/c1-4-5-6-7-16(21)13-17(22)10-8-15-9-11-18(24-14(2)20)19(12-15)23-3/h8-12,16-17,21-22H,4-7,13H2,1-3H3/b10-8+/t16-,17+/m0/s1. The average Bonchev–Trinajstić information content (AvgIpc) is 2.53. The highest BCUT2D eigenvalue weighted by Gasteiger charge is 2.10. The number of esters is 1. The Balaban J connectivity index is 2.61. The maximum absolute atomic E-state index is 11.0. The molecule has 0 heterocycles. The Morgan fingerprint density at radius 3 is 2.62 bits per heavy atom. The smallest absolute Gasteiger partial charge is 0.308 e. The molecule has 0 aromatic heterocycles. The zero-order valence-corrected chi connectivity index (χ0v) is 14.7. The van der Waals surface area contributed by atoms with Crippen LogP contribution in [-0.2, 0) is 4.79 Å². The van der Waals surface area contributed by atoms with Gasteiger partial charge in [-0.3, -0.25) is 4.79 Å². The predicted octanol–water partition coefficient (Wildman–Crippen LogP) is 3.33. The number of hydrogen-bond acceptors (Lipinski definition) is 5. The molecule has 5 nitrogen and oxygen atoms in total. The van der Waals surface area contributed by atoms with Gasteiger partial charge in [0.15, 0.2) is 11.5 Å². The van der Waals surface area contributed by atoms with Crippen molar-refractivity contribution in [2.75, 3.05) is 7.11 Å². The van der Waals surface area contributed by atoms with Crippen LogP contribution in [0.15, 0.2) is 24.3 Å². The van der Waals surface area contributed by atoms with Gasteiger partial charge in [-0.05, 0) is 24.1 Å². The normalized spacial score (nSPS) is 13.7. The summed E-state index contributed by atoms with van der Waals surface area (Å²) in [6.07, 6.45) is 6.41. The van der Waals surface area contributed by atoms with Gasteiger partial charge in [0.05, 0.1) is 19.3 Å². The van der Waals surface area contributed by atoms with E-state index >= 15 is 0 Å². The number of unbranched alkanes of at least 4 members (excludes halogenated alkanes) is 2. The van der Waals surface area contributed by atoms with E-state index in [4.69, 9.17) is 9.47 Å². The molecule has 0 aliphatic rings. The van der Waals surface area contributed by atoms with Crippen LogP contribution in [0.2, 0.25) is 0 Å². The van der Waals surface area contributed by atoms with Crippen molar-refractivity contribution in [1.82, 2.24) is 0 Å². The summed E-state index contributed by atoms with van der Waals surface area (Å²) in [5.74, 6) is 0.388. The maximum Gasteiger partial charge on any atom is 0.308 e. The van der Waals surface area contributed by atoms with E-state index in [0.29, 0.717) is 24.3 Å². The number of carbonyl (C=O) groups is 1. The average molecular weight is 336 g/mol. The Hall–Kier alpha value is -1.85. The molecule has 0 saturated heterocycles. The maximum atomic E-state index is 11.0. The fourth-order valence-electron chi connectivity index (χ4n) is 2.35. The first-order valence-corrected chi connectivity index (χ1v) is 8.37. The van der Waals surface area contributed by atoms with Crippen molar-refractivity contribution >= 4 is 12.0 Å². The monoisotopic (exact) mass is 336 g/mol.